The zero-order valence-electron chi connectivity index (χ0n) is 15.9. The monoisotopic (exact) mass is 370 g/mol. The van der Waals surface area contributed by atoms with Gasteiger partial charge in [0.1, 0.15) is 5.82 Å². The van der Waals surface area contributed by atoms with Crippen LogP contribution in [0.25, 0.3) is 0 Å². The number of anilines is 1. The highest BCUT2D eigenvalue weighted by atomic mass is 16.2. The van der Waals surface area contributed by atoms with E-state index in [1.807, 2.05) is 42.2 Å². The Labute approximate surface area is 158 Å². The van der Waals surface area contributed by atoms with Gasteiger partial charge in [0.25, 0.3) is 5.56 Å². The molecule has 7 heteroatoms. The van der Waals surface area contributed by atoms with Crippen LogP contribution < -0.4 is 21.5 Å². The number of piperidine rings is 1. The first-order valence-corrected chi connectivity index (χ1v) is 9.38. The SMILES string of the molecule is CCn1c(N2CCCC(C(=O)NCc3ccccc3)C2)cc(=O)n(C)c1=O. The fourth-order valence-electron chi connectivity index (χ4n) is 3.55. The van der Waals surface area contributed by atoms with Crippen LogP contribution in [0.5, 0.6) is 0 Å². The fourth-order valence-corrected chi connectivity index (χ4v) is 3.55. The Hall–Kier alpha value is -2.83. The van der Waals surface area contributed by atoms with Crippen LogP contribution in [0.3, 0.4) is 0 Å². The summed E-state index contributed by atoms with van der Waals surface area (Å²) in [7, 11) is 1.48. The summed E-state index contributed by atoms with van der Waals surface area (Å²) in [5.74, 6) is 0.455. The minimum Gasteiger partial charge on any atom is -0.357 e. The minimum absolute atomic E-state index is 0.0118. The van der Waals surface area contributed by atoms with Crippen molar-refractivity contribution < 1.29 is 4.79 Å². The van der Waals surface area contributed by atoms with E-state index in [1.54, 1.807) is 4.57 Å². The molecule has 1 N–H and O–H groups in total. The maximum Gasteiger partial charge on any atom is 0.332 e. The number of hydrogen-bond donors (Lipinski definition) is 1. The summed E-state index contributed by atoms with van der Waals surface area (Å²) in [5.41, 5.74) is 0.413. The molecular weight excluding hydrogens is 344 g/mol. The molecule has 3 rings (SSSR count). The Morgan fingerprint density at radius 2 is 1.96 bits per heavy atom. The third kappa shape index (κ3) is 4.13. The quantitative estimate of drug-likeness (QED) is 0.855. The number of rotatable bonds is 5. The van der Waals surface area contributed by atoms with E-state index in [-0.39, 0.29) is 23.1 Å². The Bertz CT molecular complexity index is 917. The number of nitrogens with zero attached hydrogens (tertiary/aromatic N) is 3. The lowest BCUT2D eigenvalue weighted by Gasteiger charge is -2.34. The maximum absolute atomic E-state index is 12.6. The van der Waals surface area contributed by atoms with Gasteiger partial charge in [-0.05, 0) is 25.3 Å². The molecule has 144 valence electrons. The van der Waals surface area contributed by atoms with Crippen molar-refractivity contribution in [2.45, 2.75) is 32.9 Å². The first-order valence-electron chi connectivity index (χ1n) is 9.38. The molecule has 0 aliphatic carbocycles. The van der Waals surface area contributed by atoms with Crippen molar-refractivity contribution in [3.8, 4) is 0 Å². The number of benzene rings is 1. The smallest absolute Gasteiger partial charge is 0.332 e. The molecule has 0 saturated carbocycles. The van der Waals surface area contributed by atoms with Crippen LogP contribution >= 0.6 is 0 Å². The summed E-state index contributed by atoms with van der Waals surface area (Å²) < 4.78 is 2.70. The molecule has 1 amide bonds. The Morgan fingerprint density at radius 3 is 2.67 bits per heavy atom. The van der Waals surface area contributed by atoms with Crippen molar-refractivity contribution in [2.75, 3.05) is 18.0 Å². The molecule has 1 aromatic heterocycles. The zero-order chi connectivity index (χ0) is 19.4. The average Bonchev–Trinajstić information content (AvgIpc) is 2.71. The third-order valence-electron chi connectivity index (χ3n) is 5.12. The Morgan fingerprint density at radius 1 is 1.22 bits per heavy atom. The van der Waals surface area contributed by atoms with Crippen molar-refractivity contribution in [1.82, 2.24) is 14.5 Å². The lowest BCUT2D eigenvalue weighted by Crippen LogP contribution is -2.47. The first-order chi connectivity index (χ1) is 13.0. The Balaban J connectivity index is 1.74. The number of carbonyl (C=O) groups excluding carboxylic acids is 1. The highest BCUT2D eigenvalue weighted by Gasteiger charge is 2.27. The normalized spacial score (nSPS) is 17.0. The molecule has 27 heavy (non-hydrogen) atoms. The molecule has 1 aromatic carbocycles. The second-order valence-corrected chi connectivity index (χ2v) is 6.92. The van der Waals surface area contributed by atoms with Crippen molar-refractivity contribution in [1.29, 1.82) is 0 Å². The second-order valence-electron chi connectivity index (χ2n) is 6.92. The van der Waals surface area contributed by atoms with Crippen LogP contribution in [0.4, 0.5) is 5.82 Å². The molecule has 0 radical (unpaired) electrons. The van der Waals surface area contributed by atoms with E-state index in [0.29, 0.717) is 25.5 Å². The molecule has 2 heterocycles. The van der Waals surface area contributed by atoms with E-state index in [1.165, 1.54) is 13.1 Å². The van der Waals surface area contributed by atoms with E-state index >= 15 is 0 Å². The summed E-state index contributed by atoms with van der Waals surface area (Å²) in [6.07, 6.45) is 1.65. The van der Waals surface area contributed by atoms with Crippen LogP contribution in [0.1, 0.15) is 25.3 Å². The van der Waals surface area contributed by atoms with Gasteiger partial charge in [-0.25, -0.2) is 4.79 Å². The first kappa shape index (κ1) is 18.9. The van der Waals surface area contributed by atoms with Gasteiger partial charge in [-0.2, -0.15) is 0 Å². The van der Waals surface area contributed by atoms with Crippen LogP contribution in [-0.4, -0.2) is 28.1 Å². The number of carbonyl (C=O) groups is 1. The van der Waals surface area contributed by atoms with E-state index in [2.05, 4.69) is 5.32 Å². The molecule has 1 unspecified atom stereocenters. The van der Waals surface area contributed by atoms with Gasteiger partial charge in [0.05, 0.1) is 5.92 Å². The van der Waals surface area contributed by atoms with Gasteiger partial charge in [-0.15, -0.1) is 0 Å². The average molecular weight is 370 g/mol. The molecular formula is C20H26N4O3. The molecule has 0 spiro atoms. The highest BCUT2D eigenvalue weighted by molar-refractivity contribution is 5.79. The van der Waals surface area contributed by atoms with Crippen molar-refractivity contribution in [3.63, 3.8) is 0 Å². The van der Waals surface area contributed by atoms with E-state index in [9.17, 15) is 14.4 Å². The summed E-state index contributed by atoms with van der Waals surface area (Å²) in [6.45, 7) is 4.09. The predicted octanol–water partition coefficient (Wildman–Crippen LogP) is 1.10. The topological polar surface area (TPSA) is 76.3 Å². The summed E-state index contributed by atoms with van der Waals surface area (Å²) in [6, 6.07) is 11.3. The van der Waals surface area contributed by atoms with Gasteiger partial charge in [-0.1, -0.05) is 30.3 Å². The molecule has 1 aliphatic rings. The number of nitrogens with one attached hydrogen (secondary N) is 1. The van der Waals surface area contributed by atoms with Gasteiger partial charge < -0.3 is 10.2 Å². The molecule has 2 aromatic rings. The van der Waals surface area contributed by atoms with E-state index in [0.717, 1.165) is 29.5 Å². The van der Waals surface area contributed by atoms with Crippen molar-refractivity contribution >= 4 is 11.7 Å². The lowest BCUT2D eigenvalue weighted by molar-refractivity contribution is -0.125. The number of amides is 1. The molecule has 1 fully saturated rings. The van der Waals surface area contributed by atoms with Crippen molar-refractivity contribution in [3.05, 3.63) is 62.8 Å². The number of aromatic nitrogens is 2. The van der Waals surface area contributed by atoms with Crippen molar-refractivity contribution in [2.24, 2.45) is 13.0 Å². The molecule has 1 saturated heterocycles. The van der Waals surface area contributed by atoms with Crippen LogP contribution in [0.15, 0.2) is 46.0 Å². The fraction of sp³-hybridized carbons (Fsp3) is 0.450. The molecule has 0 bridgehead atoms. The highest BCUT2D eigenvalue weighted by Crippen LogP contribution is 2.22. The minimum atomic E-state index is -0.324. The standard InChI is InChI=1S/C20H26N4O3/c1-3-24-17(12-18(25)22(2)20(24)27)23-11-7-10-16(14-23)19(26)21-13-15-8-5-4-6-9-15/h4-6,8-9,12,16H,3,7,10-11,13-14H2,1-2H3,(H,21,26). The lowest BCUT2D eigenvalue weighted by atomic mass is 9.97. The predicted molar refractivity (Wildman–Crippen MR) is 105 cm³/mol. The number of hydrogen-bond acceptors (Lipinski definition) is 4. The van der Waals surface area contributed by atoms with Gasteiger partial charge in [0, 0.05) is 39.3 Å². The van der Waals surface area contributed by atoms with Gasteiger partial charge >= 0.3 is 5.69 Å². The van der Waals surface area contributed by atoms with E-state index in [4.69, 9.17) is 0 Å². The van der Waals surface area contributed by atoms with Crippen LogP contribution in [0, 0.1) is 5.92 Å². The summed E-state index contributed by atoms with van der Waals surface area (Å²) in [5, 5.41) is 3.00. The molecule has 1 atom stereocenters. The Kier molecular flexibility index (Phi) is 5.78. The molecule has 1 aliphatic heterocycles. The second kappa shape index (κ2) is 8.24. The van der Waals surface area contributed by atoms with Gasteiger partial charge in [0.15, 0.2) is 0 Å². The summed E-state index contributed by atoms with van der Waals surface area (Å²) >= 11 is 0. The molecule has 7 nitrogen and oxygen atoms in total. The maximum atomic E-state index is 12.6. The van der Waals surface area contributed by atoms with Crippen LogP contribution in [0.2, 0.25) is 0 Å². The largest absolute Gasteiger partial charge is 0.357 e. The van der Waals surface area contributed by atoms with E-state index < -0.39 is 0 Å². The van der Waals surface area contributed by atoms with Crippen LogP contribution in [-0.2, 0) is 24.9 Å². The zero-order valence-corrected chi connectivity index (χ0v) is 15.9. The van der Waals surface area contributed by atoms with Gasteiger partial charge in [-0.3, -0.25) is 18.7 Å². The van der Waals surface area contributed by atoms with Gasteiger partial charge in [0.2, 0.25) is 5.91 Å². The third-order valence-corrected chi connectivity index (χ3v) is 5.12. The summed E-state index contributed by atoms with van der Waals surface area (Å²) in [4.78, 5) is 39.1.